The highest BCUT2D eigenvalue weighted by atomic mass is 16.2. The second-order valence-electron chi connectivity index (χ2n) is 5.44. The van der Waals surface area contributed by atoms with E-state index >= 15 is 0 Å². The van der Waals surface area contributed by atoms with Crippen molar-refractivity contribution in [1.82, 2.24) is 10.2 Å². The summed E-state index contributed by atoms with van der Waals surface area (Å²) >= 11 is 0. The molecule has 3 heteroatoms. The first-order valence-corrected chi connectivity index (χ1v) is 5.35. The molecule has 1 saturated heterocycles. The van der Waals surface area contributed by atoms with Gasteiger partial charge in [0.1, 0.15) is 0 Å². The van der Waals surface area contributed by atoms with E-state index in [0.29, 0.717) is 18.6 Å². The lowest BCUT2D eigenvalue weighted by Gasteiger charge is -2.41. The number of amides is 1. The molecular weight excluding hydrogens is 176 g/mol. The molecule has 1 aliphatic rings. The molecule has 1 heterocycles. The molecule has 0 spiro atoms. The highest BCUT2D eigenvalue weighted by Gasteiger charge is 2.33. The molecule has 1 unspecified atom stereocenters. The van der Waals surface area contributed by atoms with Gasteiger partial charge in [-0.05, 0) is 19.3 Å². The molecule has 1 amide bonds. The predicted molar refractivity (Wildman–Crippen MR) is 58.1 cm³/mol. The van der Waals surface area contributed by atoms with Crippen LogP contribution in [-0.4, -0.2) is 36.0 Å². The van der Waals surface area contributed by atoms with Crippen molar-refractivity contribution >= 4 is 5.91 Å². The number of piperazine rings is 1. The first kappa shape index (κ1) is 11.5. The van der Waals surface area contributed by atoms with Crippen LogP contribution in [0, 0.1) is 5.41 Å². The quantitative estimate of drug-likeness (QED) is 0.687. The van der Waals surface area contributed by atoms with E-state index in [-0.39, 0.29) is 11.3 Å². The standard InChI is InChI=1S/C11H22N2O/c1-8(2)13-7-9(11(3,4)5)12-6-10(13)14/h8-9,12H,6-7H2,1-5H3. The van der Waals surface area contributed by atoms with E-state index in [4.69, 9.17) is 0 Å². The van der Waals surface area contributed by atoms with Gasteiger partial charge in [-0.2, -0.15) is 0 Å². The van der Waals surface area contributed by atoms with E-state index in [1.807, 2.05) is 4.90 Å². The van der Waals surface area contributed by atoms with Crippen LogP contribution in [0.15, 0.2) is 0 Å². The van der Waals surface area contributed by atoms with Crippen molar-refractivity contribution in [3.8, 4) is 0 Å². The van der Waals surface area contributed by atoms with Gasteiger partial charge in [0.05, 0.1) is 6.54 Å². The molecular formula is C11H22N2O. The Balaban J connectivity index is 2.67. The summed E-state index contributed by atoms with van der Waals surface area (Å²) in [6, 6.07) is 0.719. The fourth-order valence-corrected chi connectivity index (χ4v) is 1.75. The normalized spacial score (nSPS) is 24.6. The highest BCUT2D eigenvalue weighted by Crippen LogP contribution is 2.22. The zero-order chi connectivity index (χ0) is 10.9. The molecule has 0 radical (unpaired) electrons. The van der Waals surface area contributed by atoms with Crippen LogP contribution >= 0.6 is 0 Å². The van der Waals surface area contributed by atoms with Gasteiger partial charge in [0.25, 0.3) is 0 Å². The molecule has 0 aromatic carbocycles. The minimum absolute atomic E-state index is 0.216. The van der Waals surface area contributed by atoms with Crippen LogP contribution in [0.5, 0.6) is 0 Å². The third-order valence-electron chi connectivity index (χ3n) is 2.87. The molecule has 1 aliphatic heterocycles. The van der Waals surface area contributed by atoms with E-state index < -0.39 is 0 Å². The van der Waals surface area contributed by atoms with Crippen molar-refractivity contribution in [1.29, 1.82) is 0 Å². The Bertz CT molecular complexity index is 218. The van der Waals surface area contributed by atoms with E-state index in [1.54, 1.807) is 0 Å². The van der Waals surface area contributed by atoms with Crippen molar-refractivity contribution in [3.63, 3.8) is 0 Å². The van der Waals surface area contributed by atoms with Gasteiger partial charge in [0, 0.05) is 18.6 Å². The number of hydrogen-bond donors (Lipinski definition) is 1. The number of carbonyl (C=O) groups excluding carboxylic acids is 1. The van der Waals surface area contributed by atoms with Crippen LogP contribution in [0.4, 0.5) is 0 Å². The van der Waals surface area contributed by atoms with Crippen LogP contribution in [0.1, 0.15) is 34.6 Å². The summed E-state index contributed by atoms with van der Waals surface area (Å²) in [5, 5.41) is 3.30. The summed E-state index contributed by atoms with van der Waals surface area (Å²) in [6.07, 6.45) is 0. The third-order valence-corrected chi connectivity index (χ3v) is 2.87. The van der Waals surface area contributed by atoms with Crippen LogP contribution in [0.25, 0.3) is 0 Å². The molecule has 0 aromatic heterocycles. The minimum atomic E-state index is 0.216. The van der Waals surface area contributed by atoms with Crippen molar-refractivity contribution in [3.05, 3.63) is 0 Å². The molecule has 1 N–H and O–H groups in total. The fourth-order valence-electron chi connectivity index (χ4n) is 1.75. The largest absolute Gasteiger partial charge is 0.338 e. The molecule has 82 valence electrons. The van der Waals surface area contributed by atoms with Gasteiger partial charge in [-0.3, -0.25) is 4.79 Å². The molecule has 0 aliphatic carbocycles. The van der Waals surface area contributed by atoms with E-state index in [9.17, 15) is 4.79 Å². The third kappa shape index (κ3) is 2.47. The van der Waals surface area contributed by atoms with Gasteiger partial charge >= 0.3 is 0 Å². The van der Waals surface area contributed by atoms with Gasteiger partial charge in [-0.15, -0.1) is 0 Å². The molecule has 0 aromatic rings. The second kappa shape index (κ2) is 3.89. The average Bonchev–Trinajstić information content (AvgIpc) is 2.02. The first-order chi connectivity index (χ1) is 6.32. The number of hydrogen-bond acceptors (Lipinski definition) is 2. The Hall–Kier alpha value is -0.570. The van der Waals surface area contributed by atoms with Crippen molar-refractivity contribution in [2.45, 2.75) is 46.7 Å². The lowest BCUT2D eigenvalue weighted by molar-refractivity contribution is -0.135. The Labute approximate surface area is 86.9 Å². The summed E-state index contributed by atoms with van der Waals surface area (Å²) in [7, 11) is 0. The zero-order valence-electron chi connectivity index (χ0n) is 9.92. The maximum absolute atomic E-state index is 11.6. The number of carbonyl (C=O) groups is 1. The van der Waals surface area contributed by atoms with Gasteiger partial charge in [-0.1, -0.05) is 20.8 Å². The molecule has 3 nitrogen and oxygen atoms in total. The number of nitrogens with one attached hydrogen (secondary N) is 1. The van der Waals surface area contributed by atoms with Crippen LogP contribution in [0.2, 0.25) is 0 Å². The second-order valence-corrected chi connectivity index (χ2v) is 5.44. The van der Waals surface area contributed by atoms with Crippen LogP contribution < -0.4 is 5.32 Å². The molecule has 14 heavy (non-hydrogen) atoms. The average molecular weight is 198 g/mol. The monoisotopic (exact) mass is 198 g/mol. The smallest absolute Gasteiger partial charge is 0.236 e. The van der Waals surface area contributed by atoms with Crippen molar-refractivity contribution in [2.75, 3.05) is 13.1 Å². The van der Waals surface area contributed by atoms with Gasteiger partial charge in [0.2, 0.25) is 5.91 Å². The zero-order valence-corrected chi connectivity index (χ0v) is 9.92. The number of nitrogens with zero attached hydrogens (tertiary/aromatic N) is 1. The molecule has 0 saturated carbocycles. The summed E-state index contributed by atoms with van der Waals surface area (Å²) in [4.78, 5) is 13.5. The number of rotatable bonds is 1. The summed E-state index contributed by atoms with van der Waals surface area (Å²) in [5.74, 6) is 0.223. The van der Waals surface area contributed by atoms with Crippen molar-refractivity contribution in [2.24, 2.45) is 5.41 Å². The van der Waals surface area contributed by atoms with E-state index in [1.165, 1.54) is 0 Å². The Kier molecular flexibility index (Phi) is 3.20. The Morgan fingerprint density at radius 2 is 2.00 bits per heavy atom. The summed E-state index contributed by atoms with van der Waals surface area (Å²) in [5.41, 5.74) is 0.216. The van der Waals surface area contributed by atoms with Crippen LogP contribution in [0.3, 0.4) is 0 Å². The molecule has 0 bridgehead atoms. The minimum Gasteiger partial charge on any atom is -0.338 e. The van der Waals surface area contributed by atoms with Crippen molar-refractivity contribution < 1.29 is 4.79 Å². The molecule has 1 fully saturated rings. The highest BCUT2D eigenvalue weighted by molar-refractivity contribution is 5.79. The topological polar surface area (TPSA) is 32.3 Å². The van der Waals surface area contributed by atoms with Crippen LogP contribution in [-0.2, 0) is 4.79 Å². The first-order valence-electron chi connectivity index (χ1n) is 5.35. The Morgan fingerprint density at radius 3 is 2.43 bits per heavy atom. The molecule has 1 atom stereocenters. The van der Waals surface area contributed by atoms with Gasteiger partial charge in [-0.25, -0.2) is 0 Å². The molecule has 1 rings (SSSR count). The summed E-state index contributed by atoms with van der Waals surface area (Å²) in [6.45, 7) is 12.1. The fraction of sp³-hybridized carbons (Fsp3) is 0.909. The van der Waals surface area contributed by atoms with Gasteiger partial charge in [0.15, 0.2) is 0 Å². The van der Waals surface area contributed by atoms with E-state index in [2.05, 4.69) is 39.9 Å². The lowest BCUT2D eigenvalue weighted by atomic mass is 9.85. The van der Waals surface area contributed by atoms with E-state index in [0.717, 1.165) is 6.54 Å². The maximum atomic E-state index is 11.6. The summed E-state index contributed by atoms with van der Waals surface area (Å²) < 4.78 is 0. The lowest BCUT2D eigenvalue weighted by Crippen LogP contribution is -2.59. The predicted octanol–water partition coefficient (Wildman–Crippen LogP) is 1.24. The SMILES string of the molecule is CC(C)N1CC(C(C)(C)C)NCC1=O. The van der Waals surface area contributed by atoms with Gasteiger partial charge < -0.3 is 10.2 Å². The Morgan fingerprint density at radius 1 is 1.43 bits per heavy atom. The maximum Gasteiger partial charge on any atom is 0.236 e.